The van der Waals surface area contributed by atoms with E-state index in [1.165, 1.54) is 6.07 Å². The molecule has 0 heterocycles. The van der Waals surface area contributed by atoms with Gasteiger partial charge in [0.15, 0.2) is 11.6 Å². The first kappa shape index (κ1) is 14.0. The zero-order chi connectivity index (χ0) is 13.8. The van der Waals surface area contributed by atoms with Crippen molar-refractivity contribution in [2.75, 3.05) is 7.05 Å². The molecule has 0 saturated carbocycles. The predicted octanol–water partition coefficient (Wildman–Crippen LogP) is 4.66. The number of benzene rings is 2. The molecule has 19 heavy (non-hydrogen) atoms. The lowest BCUT2D eigenvalue weighted by molar-refractivity contribution is 0.441. The summed E-state index contributed by atoms with van der Waals surface area (Å²) in [6.07, 6.45) is 0. The highest BCUT2D eigenvalue weighted by Crippen LogP contribution is 2.28. The van der Waals surface area contributed by atoms with Crippen LogP contribution in [0.3, 0.4) is 0 Å². The number of ether oxygens (including phenoxy) is 1. The molecule has 0 spiro atoms. The van der Waals surface area contributed by atoms with Crippen LogP contribution in [0, 0.1) is 5.82 Å². The average molecular weight is 324 g/mol. The Bertz CT molecular complexity index is 574. The number of rotatable bonds is 4. The summed E-state index contributed by atoms with van der Waals surface area (Å²) in [7, 11) is 1.90. The van der Waals surface area contributed by atoms with Crippen LogP contribution in [0.2, 0.25) is 0 Å². The average Bonchev–Trinajstić information content (AvgIpc) is 2.41. The van der Waals surface area contributed by atoms with Gasteiger partial charge in [-0.1, -0.05) is 28.1 Å². The third-order valence-electron chi connectivity index (χ3n) is 2.91. The van der Waals surface area contributed by atoms with E-state index in [1.54, 1.807) is 12.1 Å². The highest BCUT2D eigenvalue weighted by molar-refractivity contribution is 9.10. The van der Waals surface area contributed by atoms with E-state index in [1.807, 2.05) is 31.3 Å². The molecule has 0 saturated heterocycles. The van der Waals surface area contributed by atoms with Crippen LogP contribution in [0.1, 0.15) is 18.5 Å². The molecule has 1 atom stereocenters. The van der Waals surface area contributed by atoms with Crippen molar-refractivity contribution in [2.24, 2.45) is 0 Å². The van der Waals surface area contributed by atoms with E-state index >= 15 is 0 Å². The quantitative estimate of drug-likeness (QED) is 0.883. The van der Waals surface area contributed by atoms with Crippen molar-refractivity contribution in [1.82, 2.24) is 5.32 Å². The first-order valence-corrected chi connectivity index (χ1v) is 6.79. The summed E-state index contributed by atoms with van der Waals surface area (Å²) >= 11 is 3.22. The van der Waals surface area contributed by atoms with Crippen molar-refractivity contribution in [3.63, 3.8) is 0 Å². The number of nitrogens with one attached hydrogen (secondary N) is 1. The molecule has 0 aliphatic carbocycles. The van der Waals surface area contributed by atoms with Crippen molar-refractivity contribution in [2.45, 2.75) is 13.0 Å². The predicted molar refractivity (Wildman–Crippen MR) is 78.1 cm³/mol. The normalized spacial score (nSPS) is 12.2. The molecule has 0 aromatic heterocycles. The Morgan fingerprint density at radius 2 is 2.00 bits per heavy atom. The standard InChI is InChI=1S/C15H15BrFNO/c1-10(18-2)11-4-3-5-13(8-11)19-15-7-6-12(16)9-14(15)17/h3-10,18H,1-2H3. The van der Waals surface area contributed by atoms with Crippen molar-refractivity contribution in [1.29, 1.82) is 0 Å². The number of hydrogen-bond acceptors (Lipinski definition) is 2. The molecule has 0 radical (unpaired) electrons. The van der Waals surface area contributed by atoms with E-state index in [0.29, 0.717) is 10.2 Å². The second kappa shape index (κ2) is 6.17. The van der Waals surface area contributed by atoms with Gasteiger partial charge in [-0.2, -0.15) is 0 Å². The molecule has 2 nitrogen and oxygen atoms in total. The van der Waals surface area contributed by atoms with Crippen LogP contribution in [0.15, 0.2) is 46.9 Å². The fourth-order valence-corrected chi connectivity index (χ4v) is 2.03. The van der Waals surface area contributed by atoms with E-state index in [2.05, 4.69) is 28.2 Å². The van der Waals surface area contributed by atoms with Gasteiger partial charge >= 0.3 is 0 Å². The Kier molecular flexibility index (Phi) is 4.56. The molecule has 1 unspecified atom stereocenters. The molecule has 0 aliphatic heterocycles. The second-order valence-electron chi connectivity index (χ2n) is 4.26. The lowest BCUT2D eigenvalue weighted by Crippen LogP contribution is -2.12. The fraction of sp³-hybridized carbons (Fsp3) is 0.200. The van der Waals surface area contributed by atoms with Crippen LogP contribution in [0.25, 0.3) is 0 Å². The second-order valence-corrected chi connectivity index (χ2v) is 5.18. The van der Waals surface area contributed by atoms with E-state index in [0.717, 1.165) is 5.56 Å². The zero-order valence-corrected chi connectivity index (χ0v) is 12.4. The van der Waals surface area contributed by atoms with Crippen LogP contribution in [0.5, 0.6) is 11.5 Å². The zero-order valence-electron chi connectivity index (χ0n) is 10.8. The van der Waals surface area contributed by atoms with Gasteiger partial charge in [0.05, 0.1) is 0 Å². The van der Waals surface area contributed by atoms with Crippen LogP contribution in [-0.4, -0.2) is 7.05 Å². The third-order valence-corrected chi connectivity index (χ3v) is 3.41. The van der Waals surface area contributed by atoms with Gasteiger partial charge in [-0.3, -0.25) is 0 Å². The molecule has 0 aliphatic rings. The summed E-state index contributed by atoms with van der Waals surface area (Å²) < 4.78 is 20.0. The minimum absolute atomic E-state index is 0.220. The lowest BCUT2D eigenvalue weighted by Gasteiger charge is -2.13. The number of hydrogen-bond donors (Lipinski definition) is 1. The number of halogens is 2. The van der Waals surface area contributed by atoms with Gasteiger partial charge in [-0.25, -0.2) is 4.39 Å². The maximum atomic E-state index is 13.7. The van der Waals surface area contributed by atoms with Crippen molar-refractivity contribution in [3.05, 3.63) is 58.3 Å². The maximum absolute atomic E-state index is 13.7. The smallest absolute Gasteiger partial charge is 0.166 e. The van der Waals surface area contributed by atoms with Crippen LogP contribution in [0.4, 0.5) is 4.39 Å². The Morgan fingerprint density at radius 1 is 1.21 bits per heavy atom. The first-order valence-electron chi connectivity index (χ1n) is 6.00. The molecule has 2 aromatic rings. The third kappa shape index (κ3) is 3.55. The SMILES string of the molecule is CNC(C)c1cccc(Oc2ccc(Br)cc2F)c1. The molecule has 2 aromatic carbocycles. The lowest BCUT2D eigenvalue weighted by atomic mass is 10.1. The molecule has 2 rings (SSSR count). The Labute approximate surface area is 120 Å². The molecular weight excluding hydrogens is 309 g/mol. The molecular formula is C15H15BrFNO. The molecule has 0 fully saturated rings. The topological polar surface area (TPSA) is 21.3 Å². The monoisotopic (exact) mass is 323 g/mol. The minimum Gasteiger partial charge on any atom is -0.454 e. The Hall–Kier alpha value is -1.39. The van der Waals surface area contributed by atoms with Gasteiger partial charge in [-0.15, -0.1) is 0 Å². The van der Waals surface area contributed by atoms with Crippen molar-refractivity contribution >= 4 is 15.9 Å². The van der Waals surface area contributed by atoms with Gasteiger partial charge in [-0.05, 0) is 49.9 Å². The molecule has 4 heteroatoms. The van der Waals surface area contributed by atoms with Gasteiger partial charge < -0.3 is 10.1 Å². The highest BCUT2D eigenvalue weighted by Gasteiger charge is 2.07. The van der Waals surface area contributed by atoms with Gasteiger partial charge in [0.1, 0.15) is 5.75 Å². The molecule has 0 bridgehead atoms. The molecule has 1 N–H and O–H groups in total. The summed E-state index contributed by atoms with van der Waals surface area (Å²) in [4.78, 5) is 0. The van der Waals surface area contributed by atoms with E-state index < -0.39 is 0 Å². The highest BCUT2D eigenvalue weighted by atomic mass is 79.9. The maximum Gasteiger partial charge on any atom is 0.166 e. The van der Waals surface area contributed by atoms with E-state index in [-0.39, 0.29) is 17.6 Å². The van der Waals surface area contributed by atoms with Gasteiger partial charge in [0.25, 0.3) is 0 Å². The van der Waals surface area contributed by atoms with Crippen molar-refractivity contribution in [3.8, 4) is 11.5 Å². The van der Waals surface area contributed by atoms with Crippen molar-refractivity contribution < 1.29 is 9.13 Å². The van der Waals surface area contributed by atoms with Crippen LogP contribution >= 0.6 is 15.9 Å². The summed E-state index contributed by atoms with van der Waals surface area (Å²) in [6, 6.07) is 12.6. The van der Waals surface area contributed by atoms with Gasteiger partial charge in [0, 0.05) is 10.5 Å². The first-order chi connectivity index (χ1) is 9.10. The summed E-state index contributed by atoms with van der Waals surface area (Å²) in [5.74, 6) is 0.458. The summed E-state index contributed by atoms with van der Waals surface area (Å²) in [6.45, 7) is 2.05. The Balaban J connectivity index is 2.23. The molecule has 100 valence electrons. The van der Waals surface area contributed by atoms with Crippen LogP contribution < -0.4 is 10.1 Å². The summed E-state index contributed by atoms with van der Waals surface area (Å²) in [5.41, 5.74) is 1.09. The van der Waals surface area contributed by atoms with E-state index in [9.17, 15) is 4.39 Å². The summed E-state index contributed by atoms with van der Waals surface area (Å²) in [5, 5.41) is 3.16. The van der Waals surface area contributed by atoms with E-state index in [4.69, 9.17) is 4.74 Å². The fourth-order valence-electron chi connectivity index (χ4n) is 1.70. The van der Waals surface area contributed by atoms with Crippen LogP contribution in [-0.2, 0) is 0 Å². The van der Waals surface area contributed by atoms with Gasteiger partial charge in [0.2, 0.25) is 0 Å². The minimum atomic E-state index is -0.388. The Morgan fingerprint density at radius 3 is 2.68 bits per heavy atom. The largest absolute Gasteiger partial charge is 0.454 e. The molecule has 0 amide bonds.